The number of rotatable bonds is 6. The molecular weight excluding hydrogens is 402 g/mol. The predicted molar refractivity (Wildman–Crippen MR) is 131 cm³/mol. The van der Waals surface area contributed by atoms with Crippen LogP contribution in [0.3, 0.4) is 0 Å². The number of hydrogen-bond donors (Lipinski definition) is 2. The van der Waals surface area contributed by atoms with E-state index in [0.29, 0.717) is 5.82 Å². The van der Waals surface area contributed by atoms with Crippen molar-refractivity contribution in [3.05, 3.63) is 41.6 Å². The molecule has 0 bridgehead atoms. The van der Waals surface area contributed by atoms with Gasteiger partial charge in [-0.25, -0.2) is 9.48 Å². The fraction of sp³-hybridized carbons (Fsp3) is 0.560. The molecule has 7 nitrogen and oxygen atoms in total. The van der Waals surface area contributed by atoms with Gasteiger partial charge >= 0.3 is 6.03 Å². The zero-order valence-corrected chi connectivity index (χ0v) is 21.0. The first-order valence-corrected chi connectivity index (χ1v) is 11.3. The number of amides is 3. The summed E-state index contributed by atoms with van der Waals surface area (Å²) < 4.78 is 1.84. The molecule has 2 aromatic rings. The maximum atomic E-state index is 13.0. The van der Waals surface area contributed by atoms with Crippen molar-refractivity contribution in [3.63, 3.8) is 0 Å². The average molecular weight is 442 g/mol. The summed E-state index contributed by atoms with van der Waals surface area (Å²) in [7, 11) is 0. The molecule has 0 aliphatic rings. The normalized spacial score (nSPS) is 12.1. The molecule has 1 heterocycles. The van der Waals surface area contributed by atoms with Crippen molar-refractivity contribution in [1.29, 1.82) is 0 Å². The van der Waals surface area contributed by atoms with Crippen LogP contribution >= 0.6 is 0 Å². The van der Waals surface area contributed by atoms with Crippen molar-refractivity contribution in [2.45, 2.75) is 85.7 Å². The topological polar surface area (TPSA) is 79.3 Å². The molecule has 0 atom stereocenters. The molecular formula is C25H39N5O2. The summed E-state index contributed by atoms with van der Waals surface area (Å²) in [6.45, 7) is 18.2. The highest BCUT2D eigenvalue weighted by molar-refractivity contribution is 5.97. The van der Waals surface area contributed by atoms with Crippen LogP contribution in [0.25, 0.3) is 0 Å². The van der Waals surface area contributed by atoms with E-state index in [0.717, 1.165) is 23.4 Å². The summed E-state index contributed by atoms with van der Waals surface area (Å²) in [5.41, 5.74) is 2.28. The third kappa shape index (κ3) is 6.34. The Morgan fingerprint density at radius 3 is 2.22 bits per heavy atom. The highest BCUT2D eigenvalue weighted by Crippen LogP contribution is 2.28. The van der Waals surface area contributed by atoms with Gasteiger partial charge in [0.2, 0.25) is 5.91 Å². The van der Waals surface area contributed by atoms with Crippen LogP contribution in [0, 0.1) is 0 Å². The van der Waals surface area contributed by atoms with Crippen LogP contribution < -0.4 is 10.6 Å². The lowest BCUT2D eigenvalue weighted by Crippen LogP contribution is -2.45. The van der Waals surface area contributed by atoms with E-state index in [1.54, 1.807) is 0 Å². The summed E-state index contributed by atoms with van der Waals surface area (Å²) in [4.78, 5) is 27.5. The van der Waals surface area contributed by atoms with Crippen LogP contribution in [-0.4, -0.2) is 39.2 Å². The van der Waals surface area contributed by atoms with E-state index in [1.165, 1.54) is 4.90 Å². The number of para-hydroxylation sites is 1. The van der Waals surface area contributed by atoms with Crippen molar-refractivity contribution < 1.29 is 9.59 Å². The molecule has 2 N–H and O–H groups in total. The number of urea groups is 1. The molecule has 0 aliphatic heterocycles. The SMILES string of the molecule is CCc1ccccc1NC(=O)N(CC(=O)Nc1cc(C(C)(C)C)nn1C(C)(C)C)C(C)C. The first-order chi connectivity index (χ1) is 14.7. The van der Waals surface area contributed by atoms with Gasteiger partial charge in [0, 0.05) is 23.2 Å². The monoisotopic (exact) mass is 441 g/mol. The van der Waals surface area contributed by atoms with Crippen LogP contribution in [0.2, 0.25) is 0 Å². The number of carbonyl (C=O) groups excluding carboxylic acids is 2. The number of benzene rings is 1. The minimum Gasteiger partial charge on any atom is -0.313 e. The Morgan fingerprint density at radius 2 is 1.69 bits per heavy atom. The van der Waals surface area contributed by atoms with Crippen LogP contribution in [-0.2, 0) is 22.2 Å². The van der Waals surface area contributed by atoms with Gasteiger partial charge in [-0.1, -0.05) is 45.9 Å². The third-order valence-corrected chi connectivity index (χ3v) is 5.22. The van der Waals surface area contributed by atoms with Crippen molar-refractivity contribution in [2.75, 3.05) is 17.2 Å². The molecule has 0 spiro atoms. The van der Waals surface area contributed by atoms with Gasteiger partial charge in [0.1, 0.15) is 12.4 Å². The Morgan fingerprint density at radius 1 is 1.06 bits per heavy atom. The zero-order chi connectivity index (χ0) is 24.3. The third-order valence-electron chi connectivity index (χ3n) is 5.22. The van der Waals surface area contributed by atoms with Crippen molar-refractivity contribution in [3.8, 4) is 0 Å². The van der Waals surface area contributed by atoms with Gasteiger partial charge in [-0.15, -0.1) is 0 Å². The van der Waals surface area contributed by atoms with E-state index in [-0.39, 0.29) is 35.5 Å². The highest BCUT2D eigenvalue weighted by atomic mass is 16.2. The van der Waals surface area contributed by atoms with E-state index < -0.39 is 0 Å². The number of nitrogens with zero attached hydrogens (tertiary/aromatic N) is 3. The van der Waals surface area contributed by atoms with Gasteiger partial charge in [-0.2, -0.15) is 5.10 Å². The fourth-order valence-corrected chi connectivity index (χ4v) is 3.31. The Bertz CT molecular complexity index is 948. The second-order valence-corrected chi connectivity index (χ2v) is 10.5. The van der Waals surface area contributed by atoms with E-state index in [2.05, 4.69) is 31.4 Å². The lowest BCUT2D eigenvalue weighted by molar-refractivity contribution is -0.117. The predicted octanol–water partition coefficient (Wildman–Crippen LogP) is 5.38. The van der Waals surface area contributed by atoms with E-state index in [1.807, 2.05) is 76.6 Å². The fourth-order valence-electron chi connectivity index (χ4n) is 3.31. The molecule has 176 valence electrons. The van der Waals surface area contributed by atoms with E-state index in [9.17, 15) is 9.59 Å². The Labute approximate surface area is 192 Å². The number of aromatic nitrogens is 2. The Hall–Kier alpha value is -2.83. The first-order valence-electron chi connectivity index (χ1n) is 11.3. The van der Waals surface area contributed by atoms with E-state index >= 15 is 0 Å². The van der Waals surface area contributed by atoms with Crippen LogP contribution in [0.15, 0.2) is 30.3 Å². The molecule has 32 heavy (non-hydrogen) atoms. The lowest BCUT2D eigenvalue weighted by atomic mass is 9.92. The zero-order valence-electron chi connectivity index (χ0n) is 21.0. The van der Waals surface area contributed by atoms with Gasteiger partial charge in [-0.05, 0) is 52.7 Å². The van der Waals surface area contributed by atoms with Crippen molar-refractivity contribution in [2.24, 2.45) is 0 Å². The molecule has 1 aromatic heterocycles. The molecule has 3 amide bonds. The molecule has 2 rings (SSSR count). The van der Waals surface area contributed by atoms with Gasteiger partial charge in [0.15, 0.2) is 0 Å². The summed E-state index contributed by atoms with van der Waals surface area (Å²) in [6.07, 6.45) is 0.811. The quantitative estimate of drug-likeness (QED) is 0.632. The molecule has 0 saturated carbocycles. The van der Waals surface area contributed by atoms with Crippen LogP contribution in [0.1, 0.15) is 73.6 Å². The van der Waals surface area contributed by atoms with Crippen LogP contribution in [0.5, 0.6) is 0 Å². The van der Waals surface area contributed by atoms with Gasteiger partial charge in [0.05, 0.1) is 11.2 Å². The maximum Gasteiger partial charge on any atom is 0.322 e. The molecule has 0 saturated heterocycles. The van der Waals surface area contributed by atoms with Gasteiger partial charge < -0.3 is 15.5 Å². The first kappa shape index (κ1) is 25.4. The Balaban J connectivity index is 2.20. The summed E-state index contributed by atoms with van der Waals surface area (Å²) in [6, 6.07) is 9.19. The lowest BCUT2D eigenvalue weighted by Gasteiger charge is -2.27. The molecule has 0 fully saturated rings. The minimum atomic E-state index is -0.301. The summed E-state index contributed by atoms with van der Waals surface area (Å²) in [5, 5.41) is 10.7. The van der Waals surface area contributed by atoms with Crippen molar-refractivity contribution >= 4 is 23.4 Å². The summed E-state index contributed by atoms with van der Waals surface area (Å²) in [5.74, 6) is 0.372. The average Bonchev–Trinajstić information content (AvgIpc) is 3.11. The number of carbonyl (C=O) groups is 2. The number of nitrogens with one attached hydrogen (secondary N) is 2. The highest BCUT2D eigenvalue weighted by Gasteiger charge is 2.27. The second kappa shape index (κ2) is 9.76. The van der Waals surface area contributed by atoms with Crippen LogP contribution in [0.4, 0.5) is 16.3 Å². The van der Waals surface area contributed by atoms with E-state index in [4.69, 9.17) is 5.10 Å². The smallest absolute Gasteiger partial charge is 0.313 e. The minimum absolute atomic E-state index is 0.0576. The Kier molecular flexibility index (Phi) is 7.75. The molecule has 1 aromatic carbocycles. The number of anilines is 2. The largest absolute Gasteiger partial charge is 0.322 e. The van der Waals surface area contributed by atoms with Gasteiger partial charge in [0.25, 0.3) is 0 Å². The van der Waals surface area contributed by atoms with Crippen molar-refractivity contribution in [1.82, 2.24) is 14.7 Å². The second-order valence-electron chi connectivity index (χ2n) is 10.5. The van der Waals surface area contributed by atoms with Gasteiger partial charge in [-0.3, -0.25) is 4.79 Å². The molecule has 0 aliphatic carbocycles. The number of hydrogen-bond acceptors (Lipinski definition) is 3. The standard InChI is InChI=1S/C25H39N5O2/c1-10-18-13-11-12-14-19(18)26-23(32)29(17(2)3)16-22(31)27-21-15-20(24(4,5)6)28-30(21)25(7,8)9/h11-15,17H,10,16H2,1-9H3,(H,26,32)(H,27,31). The summed E-state index contributed by atoms with van der Waals surface area (Å²) >= 11 is 0. The maximum absolute atomic E-state index is 13.0. The molecule has 0 unspecified atom stereocenters. The molecule has 0 radical (unpaired) electrons. The number of aryl methyl sites for hydroxylation is 1. The molecule has 7 heteroatoms.